The average molecular weight is 225 g/mol. The van der Waals surface area contributed by atoms with Crippen LogP contribution in [0.3, 0.4) is 0 Å². The molecule has 1 aromatic rings. The topological polar surface area (TPSA) is 68.0 Å². The number of anilines is 1. The molecular weight excluding hydrogens is 210 g/mol. The van der Waals surface area contributed by atoms with Gasteiger partial charge in [-0.3, -0.25) is 4.79 Å². The van der Waals surface area contributed by atoms with Crippen LogP contribution in [-0.4, -0.2) is 17.4 Å². The zero-order valence-corrected chi connectivity index (χ0v) is 9.35. The molecule has 2 rings (SSSR count). The van der Waals surface area contributed by atoms with Crippen molar-refractivity contribution < 1.29 is 4.79 Å². The summed E-state index contributed by atoms with van der Waals surface area (Å²) in [6.45, 7) is 0.554. The third-order valence-corrected chi connectivity index (χ3v) is 3.15. The molecule has 0 unspecified atom stereocenters. The molecule has 0 aromatic carbocycles. The smallest absolute Gasteiger partial charge is 0.226 e. The number of amides is 1. The summed E-state index contributed by atoms with van der Waals surface area (Å²) in [5, 5.41) is 5.55. The lowest BCUT2D eigenvalue weighted by Gasteiger charge is -1.99. The van der Waals surface area contributed by atoms with Crippen molar-refractivity contribution in [2.45, 2.75) is 31.6 Å². The maximum Gasteiger partial charge on any atom is 0.226 e. The average Bonchev–Trinajstić information content (AvgIpc) is 2.98. The van der Waals surface area contributed by atoms with E-state index in [9.17, 15) is 4.79 Å². The minimum atomic E-state index is 0.0112. The minimum absolute atomic E-state index is 0.0112. The Morgan fingerprint density at radius 3 is 3.13 bits per heavy atom. The quantitative estimate of drug-likeness (QED) is 0.801. The van der Waals surface area contributed by atoms with Crippen molar-refractivity contribution in [1.82, 2.24) is 4.98 Å². The van der Waals surface area contributed by atoms with Gasteiger partial charge in [-0.15, -0.1) is 11.3 Å². The molecule has 1 aliphatic carbocycles. The van der Waals surface area contributed by atoms with E-state index in [2.05, 4.69) is 10.3 Å². The van der Waals surface area contributed by atoms with E-state index in [0.717, 1.165) is 17.2 Å². The fourth-order valence-electron chi connectivity index (χ4n) is 1.35. The van der Waals surface area contributed by atoms with E-state index in [4.69, 9.17) is 5.73 Å². The van der Waals surface area contributed by atoms with E-state index in [1.54, 1.807) is 0 Å². The first-order chi connectivity index (χ1) is 7.29. The lowest BCUT2D eigenvalue weighted by atomic mass is 10.3. The number of hydrogen-bond donors (Lipinski definition) is 2. The van der Waals surface area contributed by atoms with Gasteiger partial charge in [-0.2, -0.15) is 0 Å². The molecule has 0 atom stereocenters. The molecule has 82 valence electrons. The van der Waals surface area contributed by atoms with E-state index in [0.29, 0.717) is 18.9 Å². The zero-order valence-electron chi connectivity index (χ0n) is 8.53. The molecule has 0 saturated heterocycles. The summed E-state index contributed by atoms with van der Waals surface area (Å²) in [5.74, 6) is 0.660. The van der Waals surface area contributed by atoms with Gasteiger partial charge in [0.25, 0.3) is 0 Å². The number of aromatic nitrogens is 1. The first kappa shape index (κ1) is 10.6. The number of rotatable bonds is 5. The molecule has 1 aromatic heterocycles. The second kappa shape index (κ2) is 4.72. The Hall–Kier alpha value is -0.940. The van der Waals surface area contributed by atoms with Crippen LogP contribution in [0.25, 0.3) is 0 Å². The molecule has 0 aliphatic heterocycles. The summed E-state index contributed by atoms with van der Waals surface area (Å²) in [5.41, 5.74) is 6.46. The Kier molecular flexibility index (Phi) is 3.33. The van der Waals surface area contributed by atoms with Gasteiger partial charge in [0, 0.05) is 17.7 Å². The normalized spacial score (nSPS) is 15.3. The van der Waals surface area contributed by atoms with Crippen LogP contribution >= 0.6 is 11.3 Å². The van der Waals surface area contributed by atoms with E-state index in [1.807, 2.05) is 5.38 Å². The molecule has 5 heteroatoms. The molecule has 15 heavy (non-hydrogen) atoms. The highest BCUT2D eigenvalue weighted by Crippen LogP contribution is 2.40. The summed E-state index contributed by atoms with van der Waals surface area (Å²) in [6, 6.07) is 0. The maximum atomic E-state index is 11.4. The standard InChI is InChI=1S/C10H15N3OS/c11-5-1-2-9(14)13-10-12-8(6-15-10)7-3-4-7/h6-7H,1-5,11H2,(H,12,13,14). The van der Waals surface area contributed by atoms with Gasteiger partial charge in [0.1, 0.15) is 0 Å². The number of nitrogens with two attached hydrogens (primary N) is 1. The molecular formula is C10H15N3OS. The maximum absolute atomic E-state index is 11.4. The summed E-state index contributed by atoms with van der Waals surface area (Å²) >= 11 is 1.51. The number of thiazole rings is 1. The van der Waals surface area contributed by atoms with E-state index in [1.165, 1.54) is 24.2 Å². The van der Waals surface area contributed by atoms with Gasteiger partial charge in [-0.1, -0.05) is 0 Å². The second-order valence-electron chi connectivity index (χ2n) is 3.79. The van der Waals surface area contributed by atoms with Crippen LogP contribution in [0.4, 0.5) is 5.13 Å². The van der Waals surface area contributed by atoms with E-state index >= 15 is 0 Å². The van der Waals surface area contributed by atoms with Crippen LogP contribution in [0, 0.1) is 0 Å². The third-order valence-electron chi connectivity index (χ3n) is 2.37. The molecule has 4 nitrogen and oxygen atoms in total. The lowest BCUT2D eigenvalue weighted by molar-refractivity contribution is -0.116. The Morgan fingerprint density at radius 2 is 2.47 bits per heavy atom. The Bertz CT molecular complexity index is 346. The van der Waals surface area contributed by atoms with Gasteiger partial charge in [0.15, 0.2) is 5.13 Å². The summed E-state index contributed by atoms with van der Waals surface area (Å²) in [4.78, 5) is 15.7. The highest BCUT2D eigenvalue weighted by molar-refractivity contribution is 7.13. The lowest BCUT2D eigenvalue weighted by Crippen LogP contribution is -2.13. The van der Waals surface area contributed by atoms with Crippen molar-refractivity contribution in [1.29, 1.82) is 0 Å². The van der Waals surface area contributed by atoms with Crippen LogP contribution in [-0.2, 0) is 4.79 Å². The van der Waals surface area contributed by atoms with Crippen molar-refractivity contribution in [2.75, 3.05) is 11.9 Å². The van der Waals surface area contributed by atoms with Gasteiger partial charge < -0.3 is 11.1 Å². The van der Waals surface area contributed by atoms with E-state index in [-0.39, 0.29) is 5.91 Å². The van der Waals surface area contributed by atoms with Crippen LogP contribution in [0.5, 0.6) is 0 Å². The number of carbonyl (C=O) groups is 1. The predicted octanol–water partition coefficient (Wildman–Crippen LogP) is 1.70. The van der Waals surface area contributed by atoms with Crippen molar-refractivity contribution in [2.24, 2.45) is 5.73 Å². The van der Waals surface area contributed by atoms with Gasteiger partial charge in [-0.25, -0.2) is 4.98 Å². The minimum Gasteiger partial charge on any atom is -0.330 e. The SMILES string of the molecule is NCCCC(=O)Nc1nc(C2CC2)cs1. The Labute approximate surface area is 92.9 Å². The molecule has 0 radical (unpaired) electrons. The zero-order chi connectivity index (χ0) is 10.7. The van der Waals surface area contributed by atoms with Gasteiger partial charge in [0.2, 0.25) is 5.91 Å². The molecule has 0 bridgehead atoms. The third kappa shape index (κ3) is 3.00. The van der Waals surface area contributed by atoms with Crippen molar-refractivity contribution in [3.05, 3.63) is 11.1 Å². The fraction of sp³-hybridized carbons (Fsp3) is 0.600. The van der Waals surface area contributed by atoms with Crippen LogP contribution in [0.15, 0.2) is 5.38 Å². The van der Waals surface area contributed by atoms with Gasteiger partial charge in [-0.05, 0) is 25.8 Å². The molecule has 0 spiro atoms. The Balaban J connectivity index is 1.84. The van der Waals surface area contributed by atoms with Crippen LogP contribution in [0.2, 0.25) is 0 Å². The van der Waals surface area contributed by atoms with Crippen molar-refractivity contribution >= 4 is 22.4 Å². The molecule has 1 amide bonds. The largest absolute Gasteiger partial charge is 0.330 e. The highest BCUT2D eigenvalue weighted by Gasteiger charge is 2.26. The number of nitrogens with one attached hydrogen (secondary N) is 1. The first-order valence-electron chi connectivity index (χ1n) is 5.25. The first-order valence-corrected chi connectivity index (χ1v) is 6.13. The molecule has 1 fully saturated rings. The number of carbonyl (C=O) groups excluding carboxylic acids is 1. The van der Waals surface area contributed by atoms with Crippen molar-refractivity contribution in [3.63, 3.8) is 0 Å². The van der Waals surface area contributed by atoms with Crippen LogP contribution < -0.4 is 11.1 Å². The molecule has 1 aliphatic rings. The highest BCUT2D eigenvalue weighted by atomic mass is 32.1. The molecule has 1 heterocycles. The monoisotopic (exact) mass is 225 g/mol. The predicted molar refractivity (Wildman–Crippen MR) is 61.0 cm³/mol. The summed E-state index contributed by atoms with van der Waals surface area (Å²) < 4.78 is 0. The van der Waals surface area contributed by atoms with Gasteiger partial charge >= 0.3 is 0 Å². The second-order valence-corrected chi connectivity index (χ2v) is 4.65. The molecule has 3 N–H and O–H groups in total. The summed E-state index contributed by atoms with van der Waals surface area (Å²) in [6.07, 6.45) is 3.69. The van der Waals surface area contributed by atoms with Gasteiger partial charge in [0.05, 0.1) is 5.69 Å². The van der Waals surface area contributed by atoms with Crippen LogP contribution in [0.1, 0.15) is 37.3 Å². The summed E-state index contributed by atoms with van der Waals surface area (Å²) in [7, 11) is 0. The fourth-order valence-corrected chi connectivity index (χ4v) is 2.16. The van der Waals surface area contributed by atoms with E-state index < -0.39 is 0 Å². The van der Waals surface area contributed by atoms with Crippen molar-refractivity contribution in [3.8, 4) is 0 Å². The molecule has 1 saturated carbocycles. The number of nitrogens with zero attached hydrogens (tertiary/aromatic N) is 1. The Morgan fingerprint density at radius 1 is 1.67 bits per heavy atom. The number of hydrogen-bond acceptors (Lipinski definition) is 4.